The van der Waals surface area contributed by atoms with Crippen molar-refractivity contribution in [3.63, 3.8) is 0 Å². The molecule has 2 rings (SSSR count). The van der Waals surface area contributed by atoms with Crippen LogP contribution in [0.2, 0.25) is 0 Å². The van der Waals surface area contributed by atoms with Gasteiger partial charge in [-0.1, -0.05) is 0 Å². The molecule has 4 heteroatoms. The maximum Gasteiger partial charge on any atom is 0.122 e. The van der Waals surface area contributed by atoms with Gasteiger partial charge in [0.25, 0.3) is 0 Å². The lowest BCUT2D eigenvalue weighted by atomic mass is 9.75. The van der Waals surface area contributed by atoms with Gasteiger partial charge in [-0.15, -0.1) is 0 Å². The molecule has 0 unspecified atom stereocenters. The van der Waals surface area contributed by atoms with Crippen molar-refractivity contribution in [1.82, 2.24) is 15.2 Å². The Morgan fingerprint density at radius 3 is 2.63 bits per heavy atom. The summed E-state index contributed by atoms with van der Waals surface area (Å²) < 4.78 is 5.28. The third-order valence-electron chi connectivity index (χ3n) is 4.21. The maximum absolute atomic E-state index is 5.28. The predicted molar refractivity (Wildman–Crippen MR) is 77.5 cm³/mol. The van der Waals surface area contributed by atoms with Crippen molar-refractivity contribution < 1.29 is 4.74 Å². The van der Waals surface area contributed by atoms with Gasteiger partial charge >= 0.3 is 0 Å². The number of rotatable bonds is 6. The van der Waals surface area contributed by atoms with E-state index in [-0.39, 0.29) is 0 Å². The second-order valence-corrected chi connectivity index (χ2v) is 5.72. The standard InChI is InChI=1S/C15H25N3O/c1-12-8-14(19-4)9-13(17-12)10-16-11-15(18(2)3)6-5-7-15/h8-9,16H,5-7,10-11H2,1-4H3. The van der Waals surface area contributed by atoms with Gasteiger partial charge < -0.3 is 15.0 Å². The highest BCUT2D eigenvalue weighted by Crippen LogP contribution is 2.35. The lowest BCUT2D eigenvalue weighted by Gasteiger charge is -2.47. The number of pyridine rings is 1. The van der Waals surface area contributed by atoms with Gasteiger partial charge in [0.05, 0.1) is 12.8 Å². The molecule has 0 saturated heterocycles. The van der Waals surface area contributed by atoms with Crippen LogP contribution in [0.1, 0.15) is 30.7 Å². The third-order valence-corrected chi connectivity index (χ3v) is 4.21. The first kappa shape index (κ1) is 14.3. The van der Waals surface area contributed by atoms with Crippen molar-refractivity contribution in [1.29, 1.82) is 0 Å². The molecular weight excluding hydrogens is 238 g/mol. The van der Waals surface area contributed by atoms with Gasteiger partial charge in [0.15, 0.2) is 0 Å². The number of ether oxygens (including phenoxy) is 1. The normalized spacial score (nSPS) is 17.3. The number of nitrogens with zero attached hydrogens (tertiary/aromatic N) is 2. The Labute approximate surface area is 116 Å². The Balaban J connectivity index is 1.90. The Morgan fingerprint density at radius 2 is 2.11 bits per heavy atom. The Morgan fingerprint density at radius 1 is 1.37 bits per heavy atom. The summed E-state index contributed by atoms with van der Waals surface area (Å²) in [6, 6.07) is 3.96. The van der Waals surface area contributed by atoms with Crippen LogP contribution in [0.25, 0.3) is 0 Å². The lowest BCUT2D eigenvalue weighted by molar-refractivity contribution is 0.0597. The van der Waals surface area contributed by atoms with Gasteiger partial charge in [-0.2, -0.15) is 0 Å². The number of likely N-dealkylation sites (N-methyl/N-ethyl adjacent to an activating group) is 1. The first-order valence-electron chi connectivity index (χ1n) is 6.95. The summed E-state index contributed by atoms with van der Waals surface area (Å²) in [5.41, 5.74) is 2.40. The van der Waals surface area contributed by atoms with Gasteiger partial charge in [0, 0.05) is 36.5 Å². The van der Waals surface area contributed by atoms with E-state index < -0.39 is 0 Å². The van der Waals surface area contributed by atoms with Gasteiger partial charge in [-0.25, -0.2) is 0 Å². The van der Waals surface area contributed by atoms with E-state index in [0.29, 0.717) is 5.54 Å². The third kappa shape index (κ3) is 3.25. The molecule has 0 aromatic carbocycles. The Bertz CT molecular complexity index is 427. The molecular formula is C15H25N3O. The summed E-state index contributed by atoms with van der Waals surface area (Å²) in [5.74, 6) is 0.885. The predicted octanol–water partition coefficient (Wildman–Crippen LogP) is 1.97. The Hall–Kier alpha value is -1.13. The minimum Gasteiger partial charge on any atom is -0.497 e. The number of hydrogen-bond acceptors (Lipinski definition) is 4. The summed E-state index contributed by atoms with van der Waals surface area (Å²) in [6.07, 6.45) is 3.92. The smallest absolute Gasteiger partial charge is 0.122 e. The van der Waals surface area contributed by atoms with Crippen LogP contribution in [0, 0.1) is 6.92 Å². The van der Waals surface area contributed by atoms with Crippen molar-refractivity contribution in [2.24, 2.45) is 0 Å². The monoisotopic (exact) mass is 263 g/mol. The van der Waals surface area contributed by atoms with E-state index >= 15 is 0 Å². The van der Waals surface area contributed by atoms with Crippen LogP contribution in [0.3, 0.4) is 0 Å². The molecule has 1 aliphatic carbocycles. The molecule has 0 amide bonds. The molecule has 19 heavy (non-hydrogen) atoms. The summed E-state index contributed by atoms with van der Waals surface area (Å²) in [6.45, 7) is 3.82. The Kier molecular flexibility index (Phi) is 4.42. The van der Waals surface area contributed by atoms with Gasteiger partial charge in [0.1, 0.15) is 5.75 Å². The zero-order valence-electron chi connectivity index (χ0n) is 12.5. The van der Waals surface area contributed by atoms with Crippen molar-refractivity contribution in [3.8, 4) is 5.75 Å². The summed E-state index contributed by atoms with van der Waals surface area (Å²) in [4.78, 5) is 6.89. The second kappa shape index (κ2) is 5.88. The molecule has 1 aromatic heterocycles. The molecule has 1 aliphatic rings. The number of aromatic nitrogens is 1. The number of hydrogen-bond donors (Lipinski definition) is 1. The largest absolute Gasteiger partial charge is 0.497 e. The lowest BCUT2D eigenvalue weighted by Crippen LogP contribution is -2.56. The van der Waals surface area contributed by atoms with Crippen LogP contribution in [-0.4, -0.2) is 43.2 Å². The topological polar surface area (TPSA) is 37.4 Å². The average molecular weight is 263 g/mol. The van der Waals surface area contributed by atoms with E-state index in [4.69, 9.17) is 4.74 Å². The van der Waals surface area contributed by atoms with Crippen LogP contribution in [-0.2, 0) is 6.54 Å². The zero-order chi connectivity index (χ0) is 13.9. The highest BCUT2D eigenvalue weighted by Gasteiger charge is 2.38. The number of aryl methyl sites for hydroxylation is 1. The number of nitrogens with one attached hydrogen (secondary N) is 1. The van der Waals surface area contributed by atoms with Gasteiger partial charge in [-0.3, -0.25) is 4.98 Å². The molecule has 1 aromatic rings. The zero-order valence-corrected chi connectivity index (χ0v) is 12.5. The second-order valence-electron chi connectivity index (χ2n) is 5.72. The van der Waals surface area contributed by atoms with Crippen LogP contribution >= 0.6 is 0 Å². The molecule has 1 saturated carbocycles. The molecule has 4 nitrogen and oxygen atoms in total. The van der Waals surface area contributed by atoms with Crippen molar-refractivity contribution >= 4 is 0 Å². The molecule has 1 N–H and O–H groups in total. The van der Waals surface area contributed by atoms with E-state index in [9.17, 15) is 0 Å². The van der Waals surface area contributed by atoms with Crippen molar-refractivity contribution in [3.05, 3.63) is 23.5 Å². The molecule has 0 bridgehead atoms. The molecule has 0 radical (unpaired) electrons. The molecule has 1 heterocycles. The maximum atomic E-state index is 5.28. The highest BCUT2D eigenvalue weighted by atomic mass is 16.5. The highest BCUT2D eigenvalue weighted by molar-refractivity contribution is 5.26. The minimum atomic E-state index is 0.355. The van der Waals surface area contributed by atoms with Gasteiger partial charge in [-0.05, 0) is 40.3 Å². The van der Waals surface area contributed by atoms with E-state index in [0.717, 1.165) is 30.2 Å². The summed E-state index contributed by atoms with van der Waals surface area (Å²) >= 11 is 0. The van der Waals surface area contributed by atoms with Gasteiger partial charge in [0.2, 0.25) is 0 Å². The van der Waals surface area contributed by atoms with Crippen LogP contribution in [0.5, 0.6) is 5.75 Å². The summed E-state index contributed by atoms with van der Waals surface area (Å²) in [7, 11) is 6.05. The quantitative estimate of drug-likeness (QED) is 0.851. The summed E-state index contributed by atoms with van der Waals surface area (Å²) in [5, 5.41) is 3.54. The van der Waals surface area contributed by atoms with E-state index in [1.165, 1.54) is 19.3 Å². The van der Waals surface area contributed by atoms with Crippen LogP contribution in [0.4, 0.5) is 0 Å². The fourth-order valence-corrected chi connectivity index (χ4v) is 2.70. The SMILES string of the molecule is COc1cc(C)nc(CNCC2(N(C)C)CCC2)c1. The van der Waals surface area contributed by atoms with Crippen LogP contribution < -0.4 is 10.1 Å². The van der Waals surface area contributed by atoms with E-state index in [1.807, 2.05) is 19.1 Å². The molecule has 0 spiro atoms. The number of methoxy groups -OCH3 is 1. The molecule has 0 aliphatic heterocycles. The van der Waals surface area contributed by atoms with Crippen LogP contribution in [0.15, 0.2) is 12.1 Å². The molecule has 106 valence electrons. The fraction of sp³-hybridized carbons (Fsp3) is 0.667. The van der Waals surface area contributed by atoms with E-state index in [2.05, 4.69) is 29.3 Å². The molecule has 1 fully saturated rings. The minimum absolute atomic E-state index is 0.355. The van der Waals surface area contributed by atoms with E-state index in [1.54, 1.807) is 7.11 Å². The fourth-order valence-electron chi connectivity index (χ4n) is 2.70. The first-order valence-corrected chi connectivity index (χ1v) is 6.95. The average Bonchev–Trinajstić information content (AvgIpc) is 2.31. The first-order chi connectivity index (χ1) is 9.05. The molecule has 0 atom stereocenters. The van der Waals surface area contributed by atoms with Crippen molar-refractivity contribution in [2.75, 3.05) is 27.7 Å². The van der Waals surface area contributed by atoms with Crippen molar-refractivity contribution in [2.45, 2.75) is 38.3 Å².